The summed E-state index contributed by atoms with van der Waals surface area (Å²) in [6.07, 6.45) is 1.77. The SMILES string of the molecule is Cc1cc(NC(=O)NCC2=NOC(COc3ccccc3-c3ccc(C(N)=O)c(F)c3)C2)ccn1. The van der Waals surface area contributed by atoms with Crippen LogP contribution in [0.2, 0.25) is 0 Å². The third-order valence-corrected chi connectivity index (χ3v) is 5.26. The van der Waals surface area contributed by atoms with Crippen molar-refractivity contribution in [3.8, 4) is 16.9 Å². The Balaban J connectivity index is 1.29. The smallest absolute Gasteiger partial charge is 0.319 e. The molecule has 2 aromatic carbocycles. The number of ether oxygens (including phenoxy) is 1. The van der Waals surface area contributed by atoms with Gasteiger partial charge in [0.25, 0.3) is 5.91 Å². The minimum absolute atomic E-state index is 0.172. The van der Waals surface area contributed by atoms with Crippen LogP contribution in [-0.2, 0) is 4.84 Å². The molecule has 0 aliphatic carbocycles. The van der Waals surface area contributed by atoms with E-state index in [4.69, 9.17) is 15.3 Å². The molecule has 3 aromatic rings. The van der Waals surface area contributed by atoms with E-state index >= 15 is 0 Å². The fraction of sp³-hybridized carbons (Fsp3) is 0.200. The highest BCUT2D eigenvalue weighted by Crippen LogP contribution is 2.31. The zero-order valence-electron chi connectivity index (χ0n) is 19.0. The van der Waals surface area contributed by atoms with Gasteiger partial charge in [-0.15, -0.1) is 0 Å². The zero-order valence-corrected chi connectivity index (χ0v) is 19.0. The first-order valence-corrected chi connectivity index (χ1v) is 10.9. The fourth-order valence-corrected chi connectivity index (χ4v) is 3.56. The molecular formula is C25H24FN5O4. The Hall–Kier alpha value is -4.47. The lowest BCUT2D eigenvalue weighted by Gasteiger charge is -2.14. The number of hydrogen-bond donors (Lipinski definition) is 3. The van der Waals surface area contributed by atoms with Crippen molar-refractivity contribution >= 4 is 23.3 Å². The number of aryl methyl sites for hydroxylation is 1. The van der Waals surface area contributed by atoms with Crippen molar-refractivity contribution in [3.63, 3.8) is 0 Å². The van der Waals surface area contributed by atoms with Gasteiger partial charge in [-0.1, -0.05) is 29.4 Å². The number of nitrogens with one attached hydrogen (secondary N) is 2. The number of carbonyl (C=O) groups excluding carboxylic acids is 2. The average Bonchev–Trinajstić information content (AvgIpc) is 3.29. The maximum absolute atomic E-state index is 14.2. The minimum atomic E-state index is -0.827. The second-order valence-electron chi connectivity index (χ2n) is 7.95. The lowest BCUT2D eigenvalue weighted by atomic mass is 10.0. The summed E-state index contributed by atoms with van der Waals surface area (Å²) < 4.78 is 20.2. The van der Waals surface area contributed by atoms with Gasteiger partial charge in [0, 0.05) is 29.6 Å². The highest BCUT2D eigenvalue weighted by atomic mass is 19.1. The van der Waals surface area contributed by atoms with E-state index in [2.05, 4.69) is 20.8 Å². The van der Waals surface area contributed by atoms with Gasteiger partial charge in [-0.2, -0.15) is 0 Å². The molecule has 180 valence electrons. The lowest BCUT2D eigenvalue weighted by Crippen LogP contribution is -2.33. The van der Waals surface area contributed by atoms with Crippen LogP contribution >= 0.6 is 0 Å². The number of nitrogens with zero attached hydrogens (tertiary/aromatic N) is 2. The monoisotopic (exact) mass is 477 g/mol. The number of oxime groups is 1. The Labute approximate surface area is 201 Å². The Morgan fingerprint density at radius 1 is 1.20 bits per heavy atom. The third-order valence-electron chi connectivity index (χ3n) is 5.26. The van der Waals surface area contributed by atoms with E-state index in [9.17, 15) is 14.0 Å². The standard InChI is InChI=1S/C25H24FN5O4/c1-15-10-17(8-9-28-15)30-25(33)29-13-18-12-19(35-31-18)14-34-23-5-3-2-4-20(23)16-6-7-21(24(27)32)22(26)11-16/h2-11,19H,12-14H2,1H3,(H2,27,32)(H2,28,29,30,33). The minimum Gasteiger partial charge on any atom is -0.489 e. The molecule has 0 radical (unpaired) electrons. The van der Waals surface area contributed by atoms with Crippen LogP contribution in [0.25, 0.3) is 11.1 Å². The number of benzene rings is 2. The Kier molecular flexibility index (Phi) is 7.20. The number of rotatable bonds is 8. The number of hydrogen-bond acceptors (Lipinski definition) is 6. The molecule has 35 heavy (non-hydrogen) atoms. The predicted octanol–water partition coefficient (Wildman–Crippen LogP) is 3.64. The molecule has 0 saturated heterocycles. The largest absolute Gasteiger partial charge is 0.489 e. The summed E-state index contributed by atoms with van der Waals surface area (Å²) in [6, 6.07) is 14.5. The molecule has 3 amide bonds. The first kappa shape index (κ1) is 23.7. The maximum Gasteiger partial charge on any atom is 0.319 e. The molecule has 2 heterocycles. The molecule has 10 heteroatoms. The van der Waals surface area contributed by atoms with Gasteiger partial charge in [0.15, 0.2) is 6.10 Å². The van der Waals surface area contributed by atoms with Crippen LogP contribution in [0, 0.1) is 12.7 Å². The van der Waals surface area contributed by atoms with E-state index in [1.165, 1.54) is 12.1 Å². The van der Waals surface area contributed by atoms with Crippen molar-refractivity contribution in [2.24, 2.45) is 10.9 Å². The number of aromatic nitrogens is 1. The van der Waals surface area contributed by atoms with Gasteiger partial charge in [0.1, 0.15) is 18.2 Å². The van der Waals surface area contributed by atoms with Crippen LogP contribution in [0.15, 0.2) is 65.9 Å². The molecular weight excluding hydrogens is 453 g/mol. The molecule has 0 spiro atoms. The van der Waals surface area contributed by atoms with E-state index < -0.39 is 11.7 Å². The number of amides is 3. The summed E-state index contributed by atoms with van der Waals surface area (Å²) in [4.78, 5) is 32.9. The summed E-state index contributed by atoms with van der Waals surface area (Å²) in [5.74, 6) is -0.995. The van der Waals surface area contributed by atoms with E-state index in [0.717, 1.165) is 5.69 Å². The van der Waals surface area contributed by atoms with Gasteiger partial charge in [-0.3, -0.25) is 9.78 Å². The molecule has 1 atom stereocenters. The van der Waals surface area contributed by atoms with Crippen molar-refractivity contribution in [2.45, 2.75) is 19.4 Å². The van der Waals surface area contributed by atoms with Crippen LogP contribution in [0.4, 0.5) is 14.9 Å². The maximum atomic E-state index is 14.2. The van der Waals surface area contributed by atoms with Gasteiger partial charge in [0.05, 0.1) is 17.8 Å². The number of carbonyl (C=O) groups is 2. The number of halogens is 1. The first-order chi connectivity index (χ1) is 16.9. The van der Waals surface area contributed by atoms with E-state index in [-0.39, 0.29) is 30.9 Å². The summed E-state index contributed by atoms with van der Waals surface area (Å²) in [7, 11) is 0. The number of anilines is 1. The molecule has 1 aliphatic heterocycles. The lowest BCUT2D eigenvalue weighted by molar-refractivity contribution is 0.0472. The summed E-state index contributed by atoms with van der Waals surface area (Å²) in [5, 5.41) is 9.51. The fourth-order valence-electron chi connectivity index (χ4n) is 3.56. The van der Waals surface area contributed by atoms with E-state index in [1.807, 2.05) is 6.92 Å². The van der Waals surface area contributed by atoms with Crippen molar-refractivity contribution in [1.82, 2.24) is 10.3 Å². The highest BCUT2D eigenvalue weighted by molar-refractivity contribution is 5.95. The Bertz CT molecular complexity index is 1280. The summed E-state index contributed by atoms with van der Waals surface area (Å²) in [5.41, 5.74) is 8.34. The second kappa shape index (κ2) is 10.6. The number of urea groups is 1. The van der Waals surface area contributed by atoms with Crippen LogP contribution in [0.1, 0.15) is 22.5 Å². The number of primary amides is 1. The van der Waals surface area contributed by atoms with Crippen LogP contribution in [0.3, 0.4) is 0 Å². The average molecular weight is 477 g/mol. The third kappa shape index (κ3) is 6.11. The summed E-state index contributed by atoms with van der Waals surface area (Å²) >= 11 is 0. The van der Waals surface area contributed by atoms with Crippen LogP contribution in [0.5, 0.6) is 5.75 Å². The highest BCUT2D eigenvalue weighted by Gasteiger charge is 2.23. The Morgan fingerprint density at radius 3 is 2.80 bits per heavy atom. The van der Waals surface area contributed by atoms with Gasteiger partial charge < -0.3 is 25.9 Å². The topological polar surface area (TPSA) is 128 Å². The first-order valence-electron chi connectivity index (χ1n) is 10.9. The molecule has 4 rings (SSSR count). The van der Waals surface area contributed by atoms with Crippen molar-refractivity contribution in [3.05, 3.63) is 77.9 Å². The molecule has 0 saturated carbocycles. The molecule has 1 aliphatic rings. The van der Waals surface area contributed by atoms with Gasteiger partial charge in [0.2, 0.25) is 0 Å². The molecule has 9 nitrogen and oxygen atoms in total. The molecule has 0 bridgehead atoms. The molecule has 0 fully saturated rings. The number of para-hydroxylation sites is 1. The normalized spacial score (nSPS) is 14.6. The van der Waals surface area contributed by atoms with Crippen LogP contribution in [-0.4, -0.2) is 41.9 Å². The van der Waals surface area contributed by atoms with E-state index in [1.54, 1.807) is 48.7 Å². The molecule has 1 aromatic heterocycles. The van der Waals surface area contributed by atoms with Gasteiger partial charge in [-0.25, -0.2) is 9.18 Å². The van der Waals surface area contributed by atoms with Gasteiger partial charge in [-0.05, 0) is 42.8 Å². The van der Waals surface area contributed by atoms with Crippen molar-refractivity contribution in [1.29, 1.82) is 0 Å². The quantitative estimate of drug-likeness (QED) is 0.456. The summed E-state index contributed by atoms with van der Waals surface area (Å²) in [6.45, 7) is 2.27. The van der Waals surface area contributed by atoms with E-state index in [0.29, 0.717) is 34.7 Å². The molecule has 1 unspecified atom stereocenters. The number of pyridine rings is 1. The van der Waals surface area contributed by atoms with Crippen LogP contribution < -0.4 is 21.1 Å². The molecule has 4 N–H and O–H groups in total. The zero-order chi connectivity index (χ0) is 24.8. The second-order valence-corrected chi connectivity index (χ2v) is 7.95. The van der Waals surface area contributed by atoms with Gasteiger partial charge >= 0.3 is 6.03 Å². The number of nitrogens with two attached hydrogens (primary N) is 1. The predicted molar refractivity (Wildman–Crippen MR) is 129 cm³/mol. The Morgan fingerprint density at radius 2 is 2.03 bits per heavy atom. The van der Waals surface area contributed by atoms with Crippen molar-refractivity contribution in [2.75, 3.05) is 18.5 Å². The van der Waals surface area contributed by atoms with Crippen molar-refractivity contribution < 1.29 is 23.6 Å².